The molecular formula is C16H24N2O2. The van der Waals surface area contributed by atoms with Crippen LogP contribution < -0.4 is 15.4 Å². The fourth-order valence-electron chi connectivity index (χ4n) is 2.33. The molecule has 0 aromatic heterocycles. The van der Waals surface area contributed by atoms with E-state index in [4.69, 9.17) is 10.5 Å². The third-order valence-electron chi connectivity index (χ3n) is 3.57. The molecule has 110 valence electrons. The topological polar surface area (TPSA) is 55.6 Å². The zero-order chi connectivity index (χ0) is 14.9. The van der Waals surface area contributed by atoms with Gasteiger partial charge in [-0.2, -0.15) is 0 Å². The molecule has 0 bridgehead atoms. The fraction of sp³-hybridized carbons (Fsp3) is 0.562. The lowest BCUT2D eigenvalue weighted by molar-refractivity contribution is -0.126. The lowest BCUT2D eigenvalue weighted by Gasteiger charge is -2.37. The summed E-state index contributed by atoms with van der Waals surface area (Å²) in [5, 5.41) is 0. The summed E-state index contributed by atoms with van der Waals surface area (Å²) in [4.78, 5) is 14.5. The van der Waals surface area contributed by atoms with E-state index in [1.165, 1.54) is 0 Å². The molecule has 20 heavy (non-hydrogen) atoms. The summed E-state index contributed by atoms with van der Waals surface area (Å²) in [5.41, 5.74) is 7.15. The second kappa shape index (κ2) is 5.44. The standard InChI is InChI=1S/C16H24N2O2/c1-5-12-10-18(15(19)16(2,3)4)13-7-6-11(9-17)8-14(13)20-12/h6-8,12H,5,9-10,17H2,1-4H3. The number of anilines is 1. The maximum Gasteiger partial charge on any atom is 0.232 e. The van der Waals surface area contributed by atoms with E-state index >= 15 is 0 Å². The Morgan fingerprint density at radius 2 is 2.15 bits per heavy atom. The van der Waals surface area contributed by atoms with Crippen molar-refractivity contribution in [3.63, 3.8) is 0 Å². The summed E-state index contributed by atoms with van der Waals surface area (Å²) in [6, 6.07) is 5.84. The van der Waals surface area contributed by atoms with Crippen LogP contribution >= 0.6 is 0 Å². The van der Waals surface area contributed by atoms with E-state index in [0.29, 0.717) is 13.1 Å². The predicted molar refractivity (Wildman–Crippen MR) is 80.8 cm³/mol. The molecule has 1 amide bonds. The van der Waals surface area contributed by atoms with Crippen LogP contribution in [-0.4, -0.2) is 18.6 Å². The van der Waals surface area contributed by atoms with Crippen molar-refractivity contribution in [3.8, 4) is 5.75 Å². The molecule has 0 radical (unpaired) electrons. The fourth-order valence-corrected chi connectivity index (χ4v) is 2.33. The molecule has 4 heteroatoms. The van der Waals surface area contributed by atoms with Gasteiger partial charge in [0.2, 0.25) is 5.91 Å². The Labute approximate surface area is 120 Å². The van der Waals surface area contributed by atoms with Gasteiger partial charge in [-0.05, 0) is 24.1 Å². The number of amides is 1. The first-order valence-electron chi connectivity index (χ1n) is 7.18. The molecule has 2 rings (SSSR count). The molecular weight excluding hydrogens is 252 g/mol. The van der Waals surface area contributed by atoms with E-state index in [0.717, 1.165) is 23.4 Å². The molecule has 1 heterocycles. The minimum Gasteiger partial charge on any atom is -0.486 e. The van der Waals surface area contributed by atoms with Crippen LogP contribution in [0.1, 0.15) is 39.7 Å². The molecule has 1 atom stereocenters. The van der Waals surface area contributed by atoms with Gasteiger partial charge >= 0.3 is 0 Å². The lowest BCUT2D eigenvalue weighted by atomic mass is 9.93. The molecule has 2 N–H and O–H groups in total. The largest absolute Gasteiger partial charge is 0.486 e. The van der Waals surface area contributed by atoms with Crippen molar-refractivity contribution in [1.29, 1.82) is 0 Å². The van der Waals surface area contributed by atoms with Crippen molar-refractivity contribution >= 4 is 11.6 Å². The molecule has 0 spiro atoms. The van der Waals surface area contributed by atoms with Gasteiger partial charge in [-0.3, -0.25) is 4.79 Å². The summed E-state index contributed by atoms with van der Waals surface area (Å²) in [6.07, 6.45) is 0.919. The van der Waals surface area contributed by atoms with Gasteiger partial charge in [0, 0.05) is 12.0 Å². The minimum atomic E-state index is -0.403. The van der Waals surface area contributed by atoms with Gasteiger partial charge in [0.05, 0.1) is 12.2 Å². The molecule has 0 saturated carbocycles. The first-order chi connectivity index (χ1) is 9.36. The highest BCUT2D eigenvalue weighted by atomic mass is 16.5. The Kier molecular flexibility index (Phi) is 4.04. The average molecular weight is 276 g/mol. The highest BCUT2D eigenvalue weighted by Gasteiger charge is 2.34. The molecule has 1 aliphatic heterocycles. The maximum atomic E-state index is 12.6. The van der Waals surface area contributed by atoms with Crippen LogP contribution in [0.2, 0.25) is 0 Å². The Morgan fingerprint density at radius 1 is 1.45 bits per heavy atom. The van der Waals surface area contributed by atoms with Gasteiger partial charge < -0.3 is 15.4 Å². The Hall–Kier alpha value is -1.55. The summed E-state index contributed by atoms with van der Waals surface area (Å²) in [7, 11) is 0. The van der Waals surface area contributed by atoms with Gasteiger partial charge in [0.25, 0.3) is 0 Å². The SMILES string of the molecule is CCC1CN(C(=O)C(C)(C)C)c2ccc(CN)cc2O1. The summed E-state index contributed by atoms with van der Waals surface area (Å²) in [6.45, 7) is 8.99. The molecule has 0 aliphatic carbocycles. The number of carbonyl (C=O) groups excluding carboxylic acids is 1. The van der Waals surface area contributed by atoms with Crippen LogP contribution in [0.3, 0.4) is 0 Å². The van der Waals surface area contributed by atoms with Crippen molar-refractivity contribution < 1.29 is 9.53 Å². The monoisotopic (exact) mass is 276 g/mol. The normalized spacial score (nSPS) is 18.4. The van der Waals surface area contributed by atoms with E-state index < -0.39 is 5.41 Å². The van der Waals surface area contributed by atoms with Crippen LogP contribution in [0.25, 0.3) is 0 Å². The maximum absolute atomic E-state index is 12.6. The third-order valence-corrected chi connectivity index (χ3v) is 3.57. The molecule has 0 fully saturated rings. The zero-order valence-electron chi connectivity index (χ0n) is 12.8. The van der Waals surface area contributed by atoms with Gasteiger partial charge in [-0.1, -0.05) is 33.8 Å². The number of benzene rings is 1. The predicted octanol–water partition coefficient (Wildman–Crippen LogP) is 2.70. The third kappa shape index (κ3) is 2.80. The second-order valence-corrected chi connectivity index (χ2v) is 6.32. The van der Waals surface area contributed by atoms with Crippen LogP contribution in [0.5, 0.6) is 5.75 Å². The summed E-state index contributed by atoms with van der Waals surface area (Å²) < 4.78 is 5.97. The lowest BCUT2D eigenvalue weighted by Crippen LogP contribution is -2.47. The number of carbonyl (C=O) groups is 1. The van der Waals surface area contributed by atoms with Crippen LogP contribution in [-0.2, 0) is 11.3 Å². The van der Waals surface area contributed by atoms with Crippen molar-refractivity contribution in [3.05, 3.63) is 23.8 Å². The number of hydrogen-bond acceptors (Lipinski definition) is 3. The zero-order valence-corrected chi connectivity index (χ0v) is 12.8. The van der Waals surface area contributed by atoms with Crippen molar-refractivity contribution in [2.24, 2.45) is 11.1 Å². The number of rotatable bonds is 2. The van der Waals surface area contributed by atoms with Gasteiger partial charge in [0.15, 0.2) is 0 Å². The Morgan fingerprint density at radius 3 is 2.70 bits per heavy atom. The Balaban J connectivity index is 2.42. The van der Waals surface area contributed by atoms with Crippen LogP contribution in [0, 0.1) is 5.41 Å². The summed E-state index contributed by atoms with van der Waals surface area (Å²) >= 11 is 0. The molecule has 1 unspecified atom stereocenters. The van der Waals surface area contributed by atoms with Crippen LogP contribution in [0.15, 0.2) is 18.2 Å². The molecule has 4 nitrogen and oxygen atoms in total. The Bertz CT molecular complexity index is 506. The molecule has 0 saturated heterocycles. The van der Waals surface area contributed by atoms with Crippen LogP contribution in [0.4, 0.5) is 5.69 Å². The van der Waals surface area contributed by atoms with E-state index in [2.05, 4.69) is 6.92 Å². The number of nitrogens with zero attached hydrogens (tertiary/aromatic N) is 1. The average Bonchev–Trinajstić information content (AvgIpc) is 2.43. The second-order valence-electron chi connectivity index (χ2n) is 6.32. The quantitative estimate of drug-likeness (QED) is 0.903. The molecule has 1 aliphatic rings. The van der Waals surface area contributed by atoms with Gasteiger partial charge in [-0.15, -0.1) is 0 Å². The highest BCUT2D eigenvalue weighted by molar-refractivity contribution is 5.98. The molecule has 1 aromatic carbocycles. The minimum absolute atomic E-state index is 0.0434. The number of fused-ring (bicyclic) bond motifs is 1. The first kappa shape index (κ1) is 14.9. The van der Waals surface area contributed by atoms with E-state index in [1.807, 2.05) is 43.9 Å². The first-order valence-corrected chi connectivity index (χ1v) is 7.18. The van der Waals surface area contributed by atoms with Crippen molar-refractivity contribution in [2.45, 2.75) is 46.8 Å². The summed E-state index contributed by atoms with van der Waals surface area (Å²) in [5.74, 6) is 0.893. The smallest absolute Gasteiger partial charge is 0.232 e. The number of ether oxygens (including phenoxy) is 1. The highest BCUT2D eigenvalue weighted by Crippen LogP contribution is 2.37. The van der Waals surface area contributed by atoms with E-state index in [-0.39, 0.29) is 12.0 Å². The number of hydrogen-bond donors (Lipinski definition) is 1. The van der Waals surface area contributed by atoms with E-state index in [9.17, 15) is 4.79 Å². The van der Waals surface area contributed by atoms with Crippen molar-refractivity contribution in [1.82, 2.24) is 0 Å². The number of nitrogens with two attached hydrogens (primary N) is 1. The van der Waals surface area contributed by atoms with Crippen molar-refractivity contribution in [2.75, 3.05) is 11.4 Å². The van der Waals surface area contributed by atoms with Gasteiger partial charge in [0.1, 0.15) is 11.9 Å². The van der Waals surface area contributed by atoms with Gasteiger partial charge in [-0.25, -0.2) is 0 Å². The van der Waals surface area contributed by atoms with E-state index in [1.54, 1.807) is 0 Å². The molecule has 1 aromatic rings.